The fraction of sp³-hybridized carbons (Fsp3) is 0.312. The quantitative estimate of drug-likeness (QED) is 0.122. The molecule has 37 heavy (non-hydrogen) atoms. The van der Waals surface area contributed by atoms with E-state index in [1.165, 1.54) is 17.8 Å². The van der Waals surface area contributed by atoms with Gasteiger partial charge in [0.25, 0.3) is 0 Å². The highest BCUT2D eigenvalue weighted by atomic mass is 32.2. The second kappa shape index (κ2) is 19.0. The number of thioether (sulfide) groups is 1. The van der Waals surface area contributed by atoms with Crippen molar-refractivity contribution in [3.8, 4) is 0 Å². The Labute approximate surface area is 229 Å². The zero-order valence-electron chi connectivity index (χ0n) is 23.6. The van der Waals surface area contributed by atoms with E-state index >= 15 is 0 Å². The summed E-state index contributed by atoms with van der Waals surface area (Å²) in [7, 11) is 0. The van der Waals surface area contributed by atoms with Gasteiger partial charge in [0.2, 0.25) is 0 Å². The zero-order chi connectivity index (χ0) is 28.4. The molecule has 2 atom stereocenters. The largest absolute Gasteiger partial charge is 0.389 e. The third-order valence-electron chi connectivity index (χ3n) is 5.47. The SMILES string of the molecule is C=C.C=CC(F)C(C(=C)C(SC(=C)Nc1ccc(/C(=C/C)NCCN/C=C\C)cc1)=C(C)C)/C(C)=C\C. The molecular formula is C32H46FN3S. The first-order valence-electron chi connectivity index (χ1n) is 12.4. The molecule has 1 aromatic carbocycles. The summed E-state index contributed by atoms with van der Waals surface area (Å²) in [5.74, 6) is -0.443. The van der Waals surface area contributed by atoms with Gasteiger partial charge in [-0.05, 0) is 71.0 Å². The summed E-state index contributed by atoms with van der Waals surface area (Å²) < 4.78 is 14.8. The number of benzene rings is 1. The highest BCUT2D eigenvalue weighted by molar-refractivity contribution is 8.07. The van der Waals surface area contributed by atoms with E-state index in [1.807, 2.05) is 72.0 Å². The smallest absolute Gasteiger partial charge is 0.129 e. The van der Waals surface area contributed by atoms with E-state index in [9.17, 15) is 4.39 Å². The van der Waals surface area contributed by atoms with Crippen LogP contribution < -0.4 is 16.0 Å². The number of allylic oxidation sites excluding steroid dienone is 7. The molecule has 0 fully saturated rings. The van der Waals surface area contributed by atoms with E-state index < -0.39 is 12.1 Å². The first kappa shape index (κ1) is 33.8. The Kier molecular flexibility index (Phi) is 17.4. The molecule has 0 spiro atoms. The molecule has 202 valence electrons. The van der Waals surface area contributed by atoms with Gasteiger partial charge in [-0.2, -0.15) is 0 Å². The number of rotatable bonds is 15. The Morgan fingerprint density at radius 1 is 1.00 bits per heavy atom. The third kappa shape index (κ3) is 11.6. The zero-order valence-corrected chi connectivity index (χ0v) is 24.4. The average molecular weight is 524 g/mol. The van der Waals surface area contributed by atoms with Crippen LogP contribution in [-0.4, -0.2) is 19.3 Å². The van der Waals surface area contributed by atoms with Crippen LogP contribution in [0, 0.1) is 5.92 Å². The van der Waals surface area contributed by atoms with Crippen LogP contribution in [-0.2, 0) is 0 Å². The van der Waals surface area contributed by atoms with Gasteiger partial charge in [0.05, 0.1) is 5.03 Å². The Hall–Kier alpha value is -3.18. The molecule has 2 unspecified atom stereocenters. The minimum absolute atomic E-state index is 0.443. The van der Waals surface area contributed by atoms with Crippen LogP contribution in [0.3, 0.4) is 0 Å². The Bertz CT molecular complexity index is 995. The molecule has 0 radical (unpaired) electrons. The van der Waals surface area contributed by atoms with Crippen molar-refractivity contribution in [1.82, 2.24) is 10.6 Å². The van der Waals surface area contributed by atoms with Gasteiger partial charge in [0.15, 0.2) is 0 Å². The Balaban J connectivity index is 0.00000631. The molecular weight excluding hydrogens is 477 g/mol. The van der Waals surface area contributed by atoms with Crippen LogP contribution in [0.5, 0.6) is 0 Å². The molecule has 0 heterocycles. The van der Waals surface area contributed by atoms with Crippen LogP contribution in [0.15, 0.2) is 114 Å². The van der Waals surface area contributed by atoms with Gasteiger partial charge >= 0.3 is 0 Å². The standard InChI is InChI=1S/C30H42FN3S.C2H4/c1-10-18-32-19-20-33-28(13-4)25-14-16-26(17-15-25)34-24(9)35-30(21(5)6)23(8)29(22(7)11-2)27(31)12-3;1-2/h10-18,27,29,32-34H,3,8-9,19-20H2,1-2,4-7H3;1-2H2/b18-10-,22-11-,28-13-;. The Morgan fingerprint density at radius 2 is 1.62 bits per heavy atom. The van der Waals surface area contributed by atoms with Gasteiger partial charge in [-0.25, -0.2) is 4.39 Å². The van der Waals surface area contributed by atoms with Crippen molar-refractivity contribution in [2.45, 2.75) is 47.7 Å². The summed E-state index contributed by atoms with van der Waals surface area (Å²) in [6.07, 6.45) is 8.07. The third-order valence-corrected chi connectivity index (χ3v) is 6.70. The molecule has 0 aliphatic heterocycles. The molecule has 3 nitrogen and oxygen atoms in total. The molecule has 0 amide bonds. The van der Waals surface area contributed by atoms with Gasteiger partial charge in [0.1, 0.15) is 6.17 Å². The van der Waals surface area contributed by atoms with Crippen LogP contribution >= 0.6 is 11.8 Å². The van der Waals surface area contributed by atoms with Crippen molar-refractivity contribution in [2.75, 3.05) is 18.4 Å². The normalized spacial score (nSPS) is 13.1. The molecule has 3 N–H and O–H groups in total. The summed E-state index contributed by atoms with van der Waals surface area (Å²) in [4.78, 5) is 0.932. The summed E-state index contributed by atoms with van der Waals surface area (Å²) in [6.45, 7) is 31.7. The van der Waals surface area contributed by atoms with Crippen molar-refractivity contribution in [3.05, 3.63) is 120 Å². The lowest BCUT2D eigenvalue weighted by molar-refractivity contribution is 0.341. The fourth-order valence-electron chi connectivity index (χ4n) is 3.55. The molecule has 1 aromatic rings. The number of hydrogen-bond acceptors (Lipinski definition) is 4. The molecule has 0 saturated heterocycles. The van der Waals surface area contributed by atoms with Crippen LogP contribution in [0.2, 0.25) is 0 Å². The summed E-state index contributed by atoms with van der Waals surface area (Å²) in [6, 6.07) is 8.21. The molecule has 1 rings (SSSR count). The monoisotopic (exact) mass is 523 g/mol. The predicted molar refractivity (Wildman–Crippen MR) is 168 cm³/mol. The number of anilines is 1. The minimum atomic E-state index is -1.20. The first-order valence-corrected chi connectivity index (χ1v) is 13.3. The lowest BCUT2D eigenvalue weighted by Gasteiger charge is -2.25. The summed E-state index contributed by atoms with van der Waals surface area (Å²) in [5.41, 5.74) is 5.88. The minimum Gasteiger partial charge on any atom is -0.389 e. The maximum absolute atomic E-state index is 14.8. The highest BCUT2D eigenvalue weighted by Crippen LogP contribution is 2.40. The lowest BCUT2D eigenvalue weighted by Crippen LogP contribution is -2.23. The number of halogens is 1. The van der Waals surface area contributed by atoms with E-state index in [1.54, 1.807) is 0 Å². The summed E-state index contributed by atoms with van der Waals surface area (Å²) in [5, 5.41) is 10.8. The van der Waals surface area contributed by atoms with E-state index in [4.69, 9.17) is 0 Å². The van der Waals surface area contributed by atoms with E-state index in [-0.39, 0.29) is 0 Å². The van der Waals surface area contributed by atoms with Crippen LogP contribution in [0.1, 0.15) is 47.1 Å². The molecule has 0 aliphatic carbocycles. The van der Waals surface area contributed by atoms with Crippen molar-refractivity contribution in [3.63, 3.8) is 0 Å². The number of hydrogen-bond donors (Lipinski definition) is 3. The average Bonchev–Trinajstić information content (AvgIpc) is 2.90. The van der Waals surface area contributed by atoms with Crippen molar-refractivity contribution < 1.29 is 4.39 Å². The lowest BCUT2D eigenvalue weighted by atomic mass is 9.87. The van der Waals surface area contributed by atoms with Gasteiger partial charge in [-0.15, -0.1) is 19.7 Å². The Morgan fingerprint density at radius 3 is 2.11 bits per heavy atom. The van der Waals surface area contributed by atoms with Gasteiger partial charge < -0.3 is 16.0 Å². The van der Waals surface area contributed by atoms with Crippen molar-refractivity contribution in [2.24, 2.45) is 5.92 Å². The number of nitrogens with one attached hydrogen (secondary N) is 3. The van der Waals surface area contributed by atoms with Gasteiger partial charge in [-0.1, -0.05) is 72.5 Å². The predicted octanol–water partition coefficient (Wildman–Crippen LogP) is 9.14. The molecule has 0 aliphatic rings. The maximum Gasteiger partial charge on any atom is 0.129 e. The first-order chi connectivity index (χ1) is 17.7. The molecule has 0 aromatic heterocycles. The highest BCUT2D eigenvalue weighted by Gasteiger charge is 2.26. The molecule has 5 heteroatoms. The second-order valence-electron chi connectivity index (χ2n) is 8.36. The molecule has 0 saturated carbocycles. The van der Waals surface area contributed by atoms with Crippen LogP contribution in [0.4, 0.5) is 10.1 Å². The number of alkyl halides is 1. The second-order valence-corrected chi connectivity index (χ2v) is 9.46. The summed E-state index contributed by atoms with van der Waals surface area (Å²) >= 11 is 1.48. The van der Waals surface area contributed by atoms with E-state index in [0.29, 0.717) is 0 Å². The maximum atomic E-state index is 14.8. The van der Waals surface area contributed by atoms with Crippen molar-refractivity contribution in [1.29, 1.82) is 0 Å². The van der Waals surface area contributed by atoms with Crippen molar-refractivity contribution >= 4 is 23.1 Å². The van der Waals surface area contributed by atoms with E-state index in [0.717, 1.165) is 56.7 Å². The van der Waals surface area contributed by atoms with Crippen LogP contribution in [0.25, 0.3) is 5.70 Å². The van der Waals surface area contributed by atoms with E-state index in [2.05, 4.69) is 67.1 Å². The van der Waals surface area contributed by atoms with Gasteiger partial charge in [0, 0.05) is 35.3 Å². The fourth-order valence-corrected chi connectivity index (χ4v) is 4.43. The molecule has 0 bridgehead atoms. The van der Waals surface area contributed by atoms with Gasteiger partial charge in [-0.3, -0.25) is 0 Å². The topological polar surface area (TPSA) is 36.1 Å².